The second-order valence-electron chi connectivity index (χ2n) is 15.7. The molecule has 0 aromatic heterocycles. The maximum atomic E-state index is 2.45. The minimum Gasteiger partial charge on any atom is -0.309 e. The van der Waals surface area contributed by atoms with Crippen molar-refractivity contribution in [3.63, 3.8) is 0 Å². The summed E-state index contributed by atoms with van der Waals surface area (Å²) in [5, 5.41) is 10.1. The van der Waals surface area contributed by atoms with Crippen molar-refractivity contribution in [3.8, 4) is 33.4 Å². The van der Waals surface area contributed by atoms with E-state index in [0.29, 0.717) is 0 Å². The molecule has 0 bridgehead atoms. The third-order valence-electron chi connectivity index (χ3n) is 12.2. The first-order chi connectivity index (χ1) is 27.5. The highest BCUT2D eigenvalue weighted by molar-refractivity contribution is 6.10. The topological polar surface area (TPSA) is 3.24 Å². The average Bonchev–Trinajstić information content (AvgIpc) is 3.25. The number of nitrogens with zero attached hydrogens (tertiary/aromatic N) is 1. The van der Waals surface area contributed by atoms with Crippen molar-refractivity contribution in [1.29, 1.82) is 0 Å². The van der Waals surface area contributed by atoms with Gasteiger partial charge in [-0.3, -0.25) is 0 Å². The summed E-state index contributed by atoms with van der Waals surface area (Å²) in [6, 6.07) is 74.0. The molecule has 0 radical (unpaired) electrons. The van der Waals surface area contributed by atoms with Gasteiger partial charge in [-0.05, 0) is 113 Å². The van der Waals surface area contributed by atoms with Gasteiger partial charge in [-0.15, -0.1) is 0 Å². The van der Waals surface area contributed by atoms with Gasteiger partial charge in [0.25, 0.3) is 0 Å². The molecule has 0 spiro atoms. The number of fused-ring (bicyclic) bond motifs is 5. The van der Waals surface area contributed by atoms with E-state index in [1.54, 1.807) is 0 Å². The molecule has 0 heterocycles. The van der Waals surface area contributed by atoms with Crippen LogP contribution in [0.25, 0.3) is 76.5 Å². The van der Waals surface area contributed by atoms with E-state index in [2.05, 4.69) is 219 Å². The van der Waals surface area contributed by atoms with Crippen LogP contribution in [0.5, 0.6) is 0 Å². The number of hydrogen-bond donors (Lipinski definition) is 0. The largest absolute Gasteiger partial charge is 0.309 e. The summed E-state index contributed by atoms with van der Waals surface area (Å²) in [6.45, 7) is 4.79. The lowest BCUT2D eigenvalue weighted by Crippen LogP contribution is -2.24. The van der Waals surface area contributed by atoms with Gasteiger partial charge in [-0.2, -0.15) is 0 Å². The Morgan fingerprint density at radius 3 is 1.61 bits per heavy atom. The number of benzene rings is 10. The Bertz CT molecular complexity index is 3080. The van der Waals surface area contributed by atoms with Crippen molar-refractivity contribution in [1.82, 2.24) is 0 Å². The first kappa shape index (κ1) is 32.5. The smallest absolute Gasteiger partial charge is 0.0540 e. The molecule has 0 atom stereocenters. The van der Waals surface area contributed by atoms with Crippen molar-refractivity contribution in [2.45, 2.75) is 19.3 Å². The maximum Gasteiger partial charge on any atom is 0.0540 e. The molecule has 10 aromatic carbocycles. The lowest BCUT2D eigenvalue weighted by atomic mass is 9.67. The maximum absolute atomic E-state index is 2.45. The Labute approximate surface area is 327 Å². The molecule has 264 valence electrons. The van der Waals surface area contributed by atoms with Crippen LogP contribution in [0, 0.1) is 0 Å². The van der Waals surface area contributed by atoms with E-state index in [-0.39, 0.29) is 5.41 Å². The molecule has 1 nitrogen and oxygen atoms in total. The second-order valence-corrected chi connectivity index (χ2v) is 15.7. The van der Waals surface area contributed by atoms with E-state index in [0.717, 1.165) is 17.1 Å². The van der Waals surface area contributed by atoms with E-state index in [1.807, 2.05) is 0 Å². The number of hydrogen-bond acceptors (Lipinski definition) is 1. The third-order valence-corrected chi connectivity index (χ3v) is 12.2. The zero-order valence-electron chi connectivity index (χ0n) is 31.5. The fourth-order valence-corrected chi connectivity index (χ4v) is 9.40. The molecule has 0 fully saturated rings. The Morgan fingerprint density at radius 2 is 0.893 bits per heavy atom. The Morgan fingerprint density at radius 1 is 0.357 bits per heavy atom. The third kappa shape index (κ3) is 5.01. The van der Waals surface area contributed by atoms with Crippen LogP contribution >= 0.6 is 0 Å². The first-order valence-electron chi connectivity index (χ1n) is 19.6. The Kier molecular flexibility index (Phi) is 7.28. The molecule has 11 rings (SSSR count). The molecule has 0 N–H and O–H groups in total. The summed E-state index contributed by atoms with van der Waals surface area (Å²) in [4.78, 5) is 2.43. The zero-order valence-corrected chi connectivity index (χ0v) is 31.5. The van der Waals surface area contributed by atoms with Crippen molar-refractivity contribution >= 4 is 60.2 Å². The first-order valence-corrected chi connectivity index (χ1v) is 19.6. The molecule has 1 heteroatoms. The molecule has 0 aliphatic heterocycles. The summed E-state index contributed by atoms with van der Waals surface area (Å²) < 4.78 is 0. The van der Waals surface area contributed by atoms with E-state index in [1.165, 1.54) is 87.6 Å². The van der Waals surface area contributed by atoms with Crippen molar-refractivity contribution < 1.29 is 0 Å². The van der Waals surface area contributed by atoms with Crippen LogP contribution in [0.1, 0.15) is 25.0 Å². The summed E-state index contributed by atoms with van der Waals surface area (Å²) in [7, 11) is 0. The lowest BCUT2D eigenvalue weighted by Gasteiger charge is -2.36. The monoisotopic (exact) mass is 713 g/mol. The van der Waals surface area contributed by atoms with Gasteiger partial charge < -0.3 is 4.90 Å². The molecule has 0 unspecified atom stereocenters. The highest BCUT2D eigenvalue weighted by Crippen LogP contribution is 2.53. The fraction of sp³-hybridized carbons (Fsp3) is 0.0545. The van der Waals surface area contributed by atoms with Gasteiger partial charge in [0.1, 0.15) is 0 Å². The van der Waals surface area contributed by atoms with Crippen molar-refractivity contribution in [2.24, 2.45) is 0 Å². The van der Waals surface area contributed by atoms with Crippen molar-refractivity contribution in [3.05, 3.63) is 211 Å². The summed E-state index contributed by atoms with van der Waals surface area (Å²) in [5.41, 5.74) is 13.6. The van der Waals surface area contributed by atoms with Crippen LogP contribution in [-0.2, 0) is 5.41 Å². The van der Waals surface area contributed by atoms with Crippen LogP contribution in [0.15, 0.2) is 200 Å². The van der Waals surface area contributed by atoms with Gasteiger partial charge in [-0.1, -0.05) is 178 Å². The Balaban J connectivity index is 1.06. The fourth-order valence-electron chi connectivity index (χ4n) is 9.40. The number of rotatable bonds is 5. The lowest BCUT2D eigenvalue weighted by molar-refractivity contribution is 0.645. The van der Waals surface area contributed by atoms with Crippen molar-refractivity contribution in [2.75, 3.05) is 4.90 Å². The predicted octanol–water partition coefficient (Wildman–Crippen LogP) is 15.4. The van der Waals surface area contributed by atoms with E-state index >= 15 is 0 Å². The van der Waals surface area contributed by atoms with Gasteiger partial charge in [0.15, 0.2) is 0 Å². The average molecular weight is 714 g/mol. The van der Waals surface area contributed by atoms with Crippen LogP contribution in [0.3, 0.4) is 0 Å². The predicted molar refractivity (Wildman–Crippen MR) is 240 cm³/mol. The molecular weight excluding hydrogens is 675 g/mol. The Hall–Kier alpha value is -6.96. The van der Waals surface area contributed by atoms with Gasteiger partial charge in [0, 0.05) is 21.9 Å². The van der Waals surface area contributed by atoms with Crippen LogP contribution in [0.4, 0.5) is 17.1 Å². The SMILES string of the molecule is CC1(C)c2cc(-c3ccc(N(c4cccc5ccccc45)c4cccc5ccccc45)cc3)ccc2-c2c(-c3ccc4ccccc4c3)ccc3cccc1c23. The minimum absolute atomic E-state index is 0.181. The normalized spacial score (nSPS) is 13.0. The highest BCUT2D eigenvalue weighted by Gasteiger charge is 2.35. The van der Waals surface area contributed by atoms with Gasteiger partial charge in [-0.25, -0.2) is 0 Å². The van der Waals surface area contributed by atoms with Crippen LogP contribution < -0.4 is 4.90 Å². The highest BCUT2D eigenvalue weighted by atomic mass is 15.1. The molecular formula is C55H39N. The van der Waals surface area contributed by atoms with Gasteiger partial charge in [0.2, 0.25) is 0 Å². The summed E-state index contributed by atoms with van der Waals surface area (Å²) in [5.74, 6) is 0. The second kappa shape index (κ2) is 12.5. The van der Waals surface area contributed by atoms with Gasteiger partial charge >= 0.3 is 0 Å². The van der Waals surface area contributed by atoms with E-state index in [4.69, 9.17) is 0 Å². The molecule has 56 heavy (non-hydrogen) atoms. The molecule has 0 amide bonds. The molecule has 1 aliphatic carbocycles. The molecule has 10 aromatic rings. The quantitative estimate of drug-likeness (QED) is 0.172. The molecule has 0 saturated heterocycles. The number of anilines is 3. The zero-order chi connectivity index (χ0) is 37.4. The van der Waals surface area contributed by atoms with Crippen LogP contribution in [0.2, 0.25) is 0 Å². The summed E-state index contributed by atoms with van der Waals surface area (Å²) in [6.07, 6.45) is 0. The minimum atomic E-state index is -0.181. The van der Waals surface area contributed by atoms with Crippen LogP contribution in [-0.4, -0.2) is 0 Å². The molecule has 0 saturated carbocycles. The van der Waals surface area contributed by atoms with E-state index < -0.39 is 0 Å². The van der Waals surface area contributed by atoms with E-state index in [9.17, 15) is 0 Å². The van der Waals surface area contributed by atoms with Gasteiger partial charge in [0.05, 0.1) is 11.4 Å². The summed E-state index contributed by atoms with van der Waals surface area (Å²) >= 11 is 0. The standard InChI is InChI=1S/C55H39N/c1-55(2)49-21-9-18-40-28-32-47(43-25-24-36-12-3-4-15-41(36)34-43)54(53(40)49)48-33-29-42(35-50(48)55)37-26-30-44(31-27-37)56(51-22-10-16-38-13-5-7-19-45(38)51)52-23-11-17-39-14-6-8-20-46(39)52/h3-35H,1-2H3. The molecule has 1 aliphatic rings.